The van der Waals surface area contributed by atoms with Crippen LogP contribution < -0.4 is 11.5 Å². The Labute approximate surface area is 138 Å². The number of aromatic nitrogens is 1. The van der Waals surface area contributed by atoms with Crippen molar-refractivity contribution in [2.75, 3.05) is 0 Å². The van der Waals surface area contributed by atoms with Gasteiger partial charge in [0.25, 0.3) is 6.47 Å². The minimum atomic E-state index is -0.250. The predicted molar refractivity (Wildman–Crippen MR) is 92.1 cm³/mol. The molecule has 23 heavy (non-hydrogen) atoms. The molecule has 0 saturated heterocycles. The lowest BCUT2D eigenvalue weighted by Gasteiger charge is -2.20. The summed E-state index contributed by atoms with van der Waals surface area (Å²) in [6.07, 6.45) is 4.54. The zero-order chi connectivity index (χ0) is 16.7. The smallest absolute Gasteiger partial charge is 0.290 e. The lowest BCUT2D eigenvalue weighted by atomic mass is 9.86. The molecule has 2 aromatic rings. The van der Waals surface area contributed by atoms with Gasteiger partial charge in [0.05, 0.1) is 5.69 Å². The van der Waals surface area contributed by atoms with Crippen LogP contribution in [0.2, 0.25) is 0 Å². The van der Waals surface area contributed by atoms with E-state index in [9.17, 15) is 0 Å². The number of carbonyl (C=O) groups is 1. The molecule has 0 fully saturated rings. The van der Waals surface area contributed by atoms with Gasteiger partial charge >= 0.3 is 0 Å². The second kappa shape index (κ2) is 8.28. The van der Waals surface area contributed by atoms with E-state index in [1.165, 1.54) is 29.0 Å². The highest BCUT2D eigenvalue weighted by Crippen LogP contribution is 2.39. The van der Waals surface area contributed by atoms with Gasteiger partial charge in [-0.25, -0.2) is 4.98 Å². The molecule has 0 saturated carbocycles. The number of rotatable bonds is 3. The molecule has 6 nitrogen and oxygen atoms in total. The maximum atomic E-state index is 8.36. The van der Waals surface area contributed by atoms with Crippen LogP contribution >= 0.6 is 11.3 Å². The fourth-order valence-electron chi connectivity index (χ4n) is 2.75. The molecule has 3 rings (SSSR count). The topological polar surface area (TPSA) is 115 Å². The fourth-order valence-corrected chi connectivity index (χ4v) is 3.83. The van der Waals surface area contributed by atoms with Crippen LogP contribution in [0.4, 0.5) is 5.13 Å². The zero-order valence-corrected chi connectivity index (χ0v) is 13.5. The average Bonchev–Trinajstić information content (AvgIpc) is 2.92. The van der Waals surface area contributed by atoms with Crippen LogP contribution in [-0.2, 0) is 17.6 Å². The minimum Gasteiger partial charge on any atom is -0.483 e. The van der Waals surface area contributed by atoms with Crippen LogP contribution in [0.15, 0.2) is 35.3 Å². The summed E-state index contributed by atoms with van der Waals surface area (Å²) in [7, 11) is 0. The molecule has 1 aliphatic carbocycles. The number of carboxylic acid groups (broad SMARTS) is 1. The quantitative estimate of drug-likeness (QED) is 0.453. The van der Waals surface area contributed by atoms with Crippen molar-refractivity contribution in [3.8, 4) is 0 Å². The van der Waals surface area contributed by atoms with Crippen molar-refractivity contribution >= 4 is 28.9 Å². The number of fused-ring (bicyclic) bond motifs is 1. The number of nitrogens with two attached hydrogens (primary N) is 2. The van der Waals surface area contributed by atoms with Gasteiger partial charge < -0.3 is 16.6 Å². The first-order chi connectivity index (χ1) is 11.1. The first-order valence-electron chi connectivity index (χ1n) is 7.35. The highest BCUT2D eigenvalue weighted by molar-refractivity contribution is 7.15. The van der Waals surface area contributed by atoms with Crippen LogP contribution in [-0.4, -0.2) is 22.5 Å². The monoisotopic (exact) mass is 332 g/mol. The van der Waals surface area contributed by atoms with E-state index in [0.29, 0.717) is 11.0 Å². The largest absolute Gasteiger partial charge is 0.483 e. The van der Waals surface area contributed by atoms with Gasteiger partial charge in [-0.05, 0) is 31.2 Å². The number of hydrogen-bond donors (Lipinski definition) is 3. The number of hydrogen-bond acceptors (Lipinski definition) is 4. The summed E-state index contributed by atoms with van der Waals surface area (Å²) in [5.41, 5.74) is 13.4. The van der Waals surface area contributed by atoms with Gasteiger partial charge in [-0.2, -0.15) is 4.99 Å². The molecule has 1 aromatic carbocycles. The van der Waals surface area contributed by atoms with Gasteiger partial charge in [-0.3, -0.25) is 4.79 Å². The number of nitrogens with zero attached hydrogens (tertiary/aromatic N) is 2. The van der Waals surface area contributed by atoms with Crippen molar-refractivity contribution in [3.63, 3.8) is 0 Å². The first-order valence-corrected chi connectivity index (χ1v) is 8.16. The van der Waals surface area contributed by atoms with Crippen molar-refractivity contribution in [1.82, 2.24) is 4.98 Å². The Morgan fingerprint density at radius 3 is 2.74 bits per heavy atom. The summed E-state index contributed by atoms with van der Waals surface area (Å²) in [6, 6.07) is 10.6. The van der Waals surface area contributed by atoms with E-state index in [-0.39, 0.29) is 12.4 Å². The molecule has 1 aromatic heterocycles. The molecule has 1 aliphatic rings. The van der Waals surface area contributed by atoms with Crippen molar-refractivity contribution in [2.24, 2.45) is 16.5 Å². The number of thiazole rings is 1. The number of benzene rings is 1. The van der Waals surface area contributed by atoms with E-state index in [0.717, 1.165) is 12.8 Å². The number of aryl methyl sites for hydroxylation is 1. The summed E-state index contributed by atoms with van der Waals surface area (Å²) in [6.45, 7) is -0.250. The Kier molecular flexibility index (Phi) is 6.10. The van der Waals surface area contributed by atoms with Crippen LogP contribution in [0.3, 0.4) is 0 Å². The minimum absolute atomic E-state index is 0.0794. The summed E-state index contributed by atoms with van der Waals surface area (Å²) < 4.78 is 0. The normalized spacial score (nSPS) is 15.7. The Balaban J connectivity index is 0.000000595. The first kappa shape index (κ1) is 17.0. The molecule has 5 N–H and O–H groups in total. The SMILES string of the molecule is NC(N)=Nc1nc2c(s1)CCCC2Cc1ccccc1.O=CO. The lowest BCUT2D eigenvalue weighted by Crippen LogP contribution is -2.21. The molecule has 1 heterocycles. The molecular weight excluding hydrogens is 312 g/mol. The van der Waals surface area contributed by atoms with Gasteiger partial charge in [0.15, 0.2) is 5.96 Å². The molecule has 1 unspecified atom stereocenters. The molecule has 7 heteroatoms. The Morgan fingerprint density at radius 2 is 2.09 bits per heavy atom. The van der Waals surface area contributed by atoms with E-state index >= 15 is 0 Å². The fraction of sp³-hybridized carbons (Fsp3) is 0.312. The second-order valence-electron chi connectivity index (χ2n) is 5.23. The third-order valence-corrected chi connectivity index (χ3v) is 4.63. The third kappa shape index (κ3) is 4.79. The standard InChI is InChI=1S/C15H18N4S.CH2O2/c16-14(17)19-15-18-13-11(7-4-8-12(13)20-15)9-10-5-2-1-3-6-10;2-1-3/h1-3,5-6,11H,4,7-9H2,(H4,16,17,18,19);1H,(H,2,3). The summed E-state index contributed by atoms with van der Waals surface area (Å²) in [5.74, 6) is 0.566. The van der Waals surface area contributed by atoms with Gasteiger partial charge in [-0.15, -0.1) is 0 Å². The van der Waals surface area contributed by atoms with Gasteiger partial charge in [0.2, 0.25) is 5.13 Å². The van der Waals surface area contributed by atoms with Gasteiger partial charge in [0, 0.05) is 10.8 Å². The Hall–Kier alpha value is -2.41. The Morgan fingerprint density at radius 1 is 1.39 bits per heavy atom. The van der Waals surface area contributed by atoms with Crippen LogP contribution in [0.5, 0.6) is 0 Å². The summed E-state index contributed by atoms with van der Waals surface area (Å²) in [5, 5.41) is 7.58. The van der Waals surface area contributed by atoms with Gasteiger partial charge in [0.1, 0.15) is 0 Å². The van der Waals surface area contributed by atoms with Crippen molar-refractivity contribution in [1.29, 1.82) is 0 Å². The van der Waals surface area contributed by atoms with Gasteiger partial charge in [-0.1, -0.05) is 41.7 Å². The molecule has 0 amide bonds. The van der Waals surface area contributed by atoms with Crippen LogP contribution in [0, 0.1) is 0 Å². The van der Waals surface area contributed by atoms with Crippen molar-refractivity contribution < 1.29 is 9.90 Å². The van der Waals surface area contributed by atoms with Crippen LogP contribution in [0.25, 0.3) is 0 Å². The average molecular weight is 332 g/mol. The lowest BCUT2D eigenvalue weighted by molar-refractivity contribution is -0.122. The van der Waals surface area contributed by atoms with Crippen molar-refractivity contribution in [2.45, 2.75) is 31.6 Å². The molecule has 1 atom stereocenters. The molecule has 0 radical (unpaired) electrons. The third-order valence-electron chi connectivity index (χ3n) is 3.61. The molecule has 0 aliphatic heterocycles. The van der Waals surface area contributed by atoms with E-state index < -0.39 is 0 Å². The van der Waals surface area contributed by atoms with E-state index in [4.69, 9.17) is 21.4 Å². The zero-order valence-electron chi connectivity index (χ0n) is 12.7. The van der Waals surface area contributed by atoms with Crippen molar-refractivity contribution in [3.05, 3.63) is 46.5 Å². The molecule has 0 bridgehead atoms. The molecule has 122 valence electrons. The molecule has 0 spiro atoms. The van der Waals surface area contributed by atoms with E-state index in [1.807, 2.05) is 0 Å². The number of guanidine groups is 1. The summed E-state index contributed by atoms with van der Waals surface area (Å²) >= 11 is 1.62. The highest BCUT2D eigenvalue weighted by atomic mass is 32.1. The Bertz CT molecular complexity index is 666. The second-order valence-corrected chi connectivity index (χ2v) is 6.29. The maximum Gasteiger partial charge on any atom is 0.290 e. The van der Waals surface area contributed by atoms with Crippen LogP contribution in [0.1, 0.15) is 34.9 Å². The predicted octanol–water partition coefficient (Wildman–Crippen LogP) is 2.41. The van der Waals surface area contributed by atoms with E-state index in [2.05, 4.69) is 40.3 Å². The maximum absolute atomic E-state index is 8.36. The highest BCUT2D eigenvalue weighted by Gasteiger charge is 2.24. The molecular formula is C16H20N4O2S. The summed E-state index contributed by atoms with van der Waals surface area (Å²) in [4.78, 5) is 18.4. The number of aliphatic imine (C=N–C) groups is 1. The van der Waals surface area contributed by atoms with E-state index in [1.54, 1.807) is 11.3 Å².